The Bertz CT molecular complexity index is 391. The van der Waals surface area contributed by atoms with Gasteiger partial charge in [0.1, 0.15) is 0 Å². The lowest BCUT2D eigenvalue weighted by Gasteiger charge is -2.21. The van der Waals surface area contributed by atoms with E-state index in [-0.39, 0.29) is 6.42 Å². The van der Waals surface area contributed by atoms with Gasteiger partial charge in [-0.2, -0.15) is 0 Å². The van der Waals surface area contributed by atoms with E-state index >= 15 is 0 Å². The normalized spacial score (nSPS) is 16.7. The molecule has 1 aromatic heterocycles. The SMILES string of the molecule is O=C(O)CCSc1nnc(NC2CCCCC2)s1. The highest BCUT2D eigenvalue weighted by Gasteiger charge is 2.15. The molecule has 100 valence electrons. The molecule has 0 aliphatic heterocycles. The number of aromatic nitrogens is 2. The number of anilines is 1. The Morgan fingerprint density at radius 3 is 2.89 bits per heavy atom. The molecule has 1 fully saturated rings. The van der Waals surface area contributed by atoms with Crippen LogP contribution in [0.15, 0.2) is 4.34 Å². The van der Waals surface area contributed by atoms with Gasteiger partial charge in [0.25, 0.3) is 0 Å². The molecule has 0 atom stereocenters. The van der Waals surface area contributed by atoms with E-state index in [0.717, 1.165) is 9.47 Å². The lowest BCUT2D eigenvalue weighted by atomic mass is 9.96. The summed E-state index contributed by atoms with van der Waals surface area (Å²) in [7, 11) is 0. The van der Waals surface area contributed by atoms with Crippen LogP contribution in [0.3, 0.4) is 0 Å². The molecule has 18 heavy (non-hydrogen) atoms. The van der Waals surface area contributed by atoms with Crippen LogP contribution in [0.2, 0.25) is 0 Å². The minimum absolute atomic E-state index is 0.162. The van der Waals surface area contributed by atoms with Crippen LogP contribution in [0.4, 0.5) is 5.13 Å². The molecule has 0 amide bonds. The molecule has 2 N–H and O–H groups in total. The lowest BCUT2D eigenvalue weighted by Crippen LogP contribution is -2.21. The summed E-state index contributed by atoms with van der Waals surface area (Å²) in [6.07, 6.45) is 6.50. The predicted octanol–water partition coefficient (Wildman–Crippen LogP) is 2.85. The van der Waals surface area contributed by atoms with E-state index in [1.165, 1.54) is 55.2 Å². The van der Waals surface area contributed by atoms with Crippen molar-refractivity contribution < 1.29 is 9.90 Å². The maximum absolute atomic E-state index is 10.4. The van der Waals surface area contributed by atoms with Gasteiger partial charge in [-0.25, -0.2) is 0 Å². The Kier molecular flexibility index (Phi) is 5.25. The van der Waals surface area contributed by atoms with Gasteiger partial charge in [0.2, 0.25) is 5.13 Å². The first-order chi connectivity index (χ1) is 8.74. The summed E-state index contributed by atoms with van der Waals surface area (Å²) in [6, 6.07) is 0.531. The van der Waals surface area contributed by atoms with Gasteiger partial charge in [0, 0.05) is 11.8 Å². The number of carboxylic acids is 1. The summed E-state index contributed by atoms with van der Waals surface area (Å²) in [5, 5.41) is 21.0. The topological polar surface area (TPSA) is 75.1 Å². The standard InChI is InChI=1S/C11H17N3O2S2/c15-9(16)6-7-17-11-14-13-10(18-11)12-8-4-2-1-3-5-8/h8H,1-7H2,(H,12,13)(H,15,16). The smallest absolute Gasteiger partial charge is 0.304 e. The average Bonchev–Trinajstić information content (AvgIpc) is 2.78. The molecule has 1 saturated carbocycles. The van der Waals surface area contributed by atoms with Crippen molar-refractivity contribution in [2.45, 2.75) is 48.9 Å². The third-order valence-corrected chi connectivity index (χ3v) is 4.87. The van der Waals surface area contributed by atoms with Crippen LogP contribution in [0, 0.1) is 0 Å². The molecule has 5 nitrogen and oxygen atoms in total. The Balaban J connectivity index is 1.76. The molecule has 0 saturated heterocycles. The molecule has 1 heterocycles. The fourth-order valence-corrected chi connectivity index (χ4v) is 3.80. The van der Waals surface area contributed by atoms with Crippen molar-refractivity contribution in [3.05, 3.63) is 0 Å². The number of thioether (sulfide) groups is 1. The van der Waals surface area contributed by atoms with Crippen LogP contribution in [-0.2, 0) is 4.79 Å². The van der Waals surface area contributed by atoms with E-state index in [4.69, 9.17) is 5.11 Å². The van der Waals surface area contributed by atoms with Gasteiger partial charge in [-0.15, -0.1) is 10.2 Å². The summed E-state index contributed by atoms with van der Waals surface area (Å²) in [5.41, 5.74) is 0. The molecule has 0 spiro atoms. The van der Waals surface area contributed by atoms with Crippen LogP contribution in [0.25, 0.3) is 0 Å². The molecule has 0 bridgehead atoms. The maximum atomic E-state index is 10.4. The Labute approximate surface area is 114 Å². The molecule has 1 aliphatic rings. The Hall–Kier alpha value is -0.820. The number of carbonyl (C=O) groups is 1. The second kappa shape index (κ2) is 6.94. The van der Waals surface area contributed by atoms with E-state index in [9.17, 15) is 4.79 Å². The average molecular weight is 287 g/mol. The lowest BCUT2D eigenvalue weighted by molar-refractivity contribution is -0.136. The minimum atomic E-state index is -0.771. The van der Waals surface area contributed by atoms with E-state index in [1.54, 1.807) is 0 Å². The molecule has 7 heteroatoms. The van der Waals surface area contributed by atoms with Gasteiger partial charge in [-0.3, -0.25) is 4.79 Å². The zero-order valence-corrected chi connectivity index (χ0v) is 11.7. The van der Waals surface area contributed by atoms with Crippen LogP contribution < -0.4 is 5.32 Å². The number of hydrogen-bond acceptors (Lipinski definition) is 6. The summed E-state index contributed by atoms with van der Waals surface area (Å²) in [4.78, 5) is 10.4. The van der Waals surface area contributed by atoms with Crippen LogP contribution in [-0.4, -0.2) is 33.1 Å². The van der Waals surface area contributed by atoms with Gasteiger partial charge < -0.3 is 10.4 Å². The first-order valence-electron chi connectivity index (χ1n) is 6.18. The predicted molar refractivity (Wildman–Crippen MR) is 73.4 cm³/mol. The second-order valence-corrected chi connectivity index (χ2v) is 6.66. The quantitative estimate of drug-likeness (QED) is 0.784. The monoisotopic (exact) mass is 287 g/mol. The van der Waals surface area contributed by atoms with Crippen molar-refractivity contribution in [1.82, 2.24) is 10.2 Å². The number of nitrogens with one attached hydrogen (secondary N) is 1. The first kappa shape index (κ1) is 13.6. The van der Waals surface area contributed by atoms with Crippen LogP contribution in [0.1, 0.15) is 38.5 Å². The van der Waals surface area contributed by atoms with Crippen LogP contribution in [0.5, 0.6) is 0 Å². The van der Waals surface area contributed by atoms with Crippen molar-refractivity contribution >= 4 is 34.2 Å². The molecule has 0 radical (unpaired) electrons. The zero-order chi connectivity index (χ0) is 12.8. The first-order valence-corrected chi connectivity index (χ1v) is 7.99. The number of carboxylic acid groups (broad SMARTS) is 1. The maximum Gasteiger partial charge on any atom is 0.304 e. The van der Waals surface area contributed by atoms with Gasteiger partial charge in [-0.1, -0.05) is 42.4 Å². The van der Waals surface area contributed by atoms with Crippen molar-refractivity contribution in [3.8, 4) is 0 Å². The number of nitrogens with zero attached hydrogens (tertiary/aromatic N) is 2. The van der Waals surface area contributed by atoms with Gasteiger partial charge in [-0.05, 0) is 12.8 Å². The van der Waals surface area contributed by atoms with E-state index in [0.29, 0.717) is 11.8 Å². The van der Waals surface area contributed by atoms with Gasteiger partial charge >= 0.3 is 5.97 Å². The largest absolute Gasteiger partial charge is 0.481 e. The number of aliphatic carboxylic acids is 1. The van der Waals surface area contributed by atoms with E-state index < -0.39 is 5.97 Å². The third kappa shape index (κ3) is 4.45. The third-order valence-electron chi connectivity index (χ3n) is 2.88. The molecule has 0 unspecified atom stereocenters. The zero-order valence-electron chi connectivity index (χ0n) is 10.1. The number of hydrogen-bond donors (Lipinski definition) is 2. The number of rotatable bonds is 6. The van der Waals surface area contributed by atoms with Crippen molar-refractivity contribution in [1.29, 1.82) is 0 Å². The minimum Gasteiger partial charge on any atom is -0.481 e. The summed E-state index contributed by atoms with van der Waals surface area (Å²) in [5.74, 6) is -0.222. The highest BCUT2D eigenvalue weighted by molar-refractivity contribution is 8.01. The summed E-state index contributed by atoms with van der Waals surface area (Å²) >= 11 is 2.97. The van der Waals surface area contributed by atoms with Gasteiger partial charge in [0.15, 0.2) is 4.34 Å². The second-order valence-electron chi connectivity index (χ2n) is 4.34. The molecular weight excluding hydrogens is 270 g/mol. The fourth-order valence-electron chi connectivity index (χ4n) is 1.97. The van der Waals surface area contributed by atoms with Gasteiger partial charge in [0.05, 0.1) is 6.42 Å². The summed E-state index contributed by atoms with van der Waals surface area (Å²) < 4.78 is 0.842. The van der Waals surface area contributed by atoms with Crippen molar-refractivity contribution in [2.75, 3.05) is 11.1 Å². The van der Waals surface area contributed by atoms with Crippen molar-refractivity contribution in [3.63, 3.8) is 0 Å². The highest BCUT2D eigenvalue weighted by Crippen LogP contribution is 2.28. The molecule has 0 aromatic carbocycles. The van der Waals surface area contributed by atoms with Crippen LogP contribution >= 0.6 is 23.1 Å². The molecule has 2 rings (SSSR count). The molecule has 1 aromatic rings. The fraction of sp³-hybridized carbons (Fsp3) is 0.727. The Morgan fingerprint density at radius 1 is 1.39 bits per heavy atom. The molecule has 1 aliphatic carbocycles. The highest BCUT2D eigenvalue weighted by atomic mass is 32.2. The van der Waals surface area contributed by atoms with Crippen molar-refractivity contribution in [2.24, 2.45) is 0 Å². The summed E-state index contributed by atoms with van der Waals surface area (Å²) in [6.45, 7) is 0. The van der Waals surface area contributed by atoms with E-state index in [1.807, 2.05) is 0 Å². The molecular formula is C11H17N3O2S2. The van der Waals surface area contributed by atoms with E-state index in [2.05, 4.69) is 15.5 Å². The Morgan fingerprint density at radius 2 is 2.17 bits per heavy atom.